The third-order valence-electron chi connectivity index (χ3n) is 1.58. The van der Waals surface area contributed by atoms with E-state index in [0.29, 0.717) is 16.9 Å². The van der Waals surface area contributed by atoms with Crippen molar-refractivity contribution in [2.24, 2.45) is 16.8 Å². The molecule has 0 aliphatic rings. The van der Waals surface area contributed by atoms with Crippen LogP contribution in [0.3, 0.4) is 0 Å². The molecule has 0 fully saturated rings. The number of hydrogen-bond acceptors (Lipinski definition) is 6. The molecule has 0 aliphatic heterocycles. The van der Waals surface area contributed by atoms with E-state index in [-0.39, 0.29) is 11.8 Å². The molecule has 6 nitrogen and oxygen atoms in total. The average molecular weight is 216 g/mol. The van der Waals surface area contributed by atoms with Crippen LogP contribution in [0.2, 0.25) is 0 Å². The van der Waals surface area contributed by atoms with Gasteiger partial charge in [0.2, 0.25) is 5.89 Å². The predicted octanol–water partition coefficient (Wildman–Crippen LogP) is 0.853. The van der Waals surface area contributed by atoms with E-state index in [2.05, 4.69) is 15.4 Å². The Balaban J connectivity index is 2.41. The maximum atomic E-state index is 8.41. The van der Waals surface area contributed by atoms with E-state index in [4.69, 9.17) is 15.4 Å². The smallest absolute Gasteiger partial charge is 0.276 e. The summed E-state index contributed by atoms with van der Waals surface area (Å²) in [5.74, 6) is 1.34. The lowest BCUT2D eigenvalue weighted by Crippen LogP contribution is -2.22. The Hall–Kier alpha value is -1.24. The molecule has 0 spiro atoms. The predicted molar refractivity (Wildman–Crippen MR) is 52.3 cm³/mol. The molecule has 3 N–H and O–H groups in total. The van der Waals surface area contributed by atoms with E-state index in [1.54, 1.807) is 6.92 Å². The minimum absolute atomic E-state index is 0.0304. The van der Waals surface area contributed by atoms with Gasteiger partial charge in [-0.15, -0.1) is 10.2 Å². The van der Waals surface area contributed by atoms with Crippen molar-refractivity contribution in [3.8, 4) is 0 Å². The van der Waals surface area contributed by atoms with Crippen LogP contribution in [0.15, 0.2) is 14.8 Å². The van der Waals surface area contributed by atoms with Crippen LogP contribution < -0.4 is 5.73 Å². The van der Waals surface area contributed by atoms with E-state index >= 15 is 0 Å². The Morgan fingerprint density at radius 2 is 2.43 bits per heavy atom. The van der Waals surface area contributed by atoms with Gasteiger partial charge in [-0.1, -0.05) is 23.8 Å². The number of thioether (sulfide) groups is 1. The minimum Gasteiger partial charge on any atom is -0.416 e. The SMILES string of the molecule is Cc1nnc(SCC(C)C(N)=NO)o1. The highest BCUT2D eigenvalue weighted by Gasteiger charge is 2.10. The van der Waals surface area contributed by atoms with Gasteiger partial charge in [0.1, 0.15) is 5.84 Å². The third kappa shape index (κ3) is 2.91. The summed E-state index contributed by atoms with van der Waals surface area (Å²) < 4.78 is 5.14. The second-order valence-electron chi connectivity index (χ2n) is 2.82. The van der Waals surface area contributed by atoms with Crippen LogP contribution in [0.25, 0.3) is 0 Å². The Bertz CT molecular complexity index is 325. The topological polar surface area (TPSA) is 97.5 Å². The molecule has 0 aromatic carbocycles. The Labute approximate surface area is 85.6 Å². The van der Waals surface area contributed by atoms with Crippen LogP contribution in [-0.2, 0) is 0 Å². The maximum Gasteiger partial charge on any atom is 0.276 e. The lowest BCUT2D eigenvalue weighted by molar-refractivity contribution is 0.315. The van der Waals surface area contributed by atoms with Crippen molar-refractivity contribution >= 4 is 17.6 Å². The lowest BCUT2D eigenvalue weighted by atomic mass is 10.2. The Morgan fingerprint density at radius 1 is 1.71 bits per heavy atom. The van der Waals surface area contributed by atoms with Gasteiger partial charge in [-0.3, -0.25) is 0 Å². The van der Waals surface area contributed by atoms with Gasteiger partial charge in [0, 0.05) is 18.6 Å². The zero-order valence-electron chi connectivity index (χ0n) is 7.97. The van der Waals surface area contributed by atoms with Gasteiger partial charge in [-0.25, -0.2) is 0 Å². The number of rotatable bonds is 4. The molecule has 1 heterocycles. The summed E-state index contributed by atoms with van der Waals surface area (Å²) in [5, 5.41) is 19.3. The van der Waals surface area contributed by atoms with Crippen LogP contribution >= 0.6 is 11.8 Å². The van der Waals surface area contributed by atoms with Crippen LogP contribution in [0.5, 0.6) is 0 Å². The van der Waals surface area contributed by atoms with Gasteiger partial charge in [-0.2, -0.15) is 0 Å². The number of aryl methyl sites for hydroxylation is 1. The van der Waals surface area contributed by atoms with E-state index in [9.17, 15) is 0 Å². The fraction of sp³-hybridized carbons (Fsp3) is 0.571. The van der Waals surface area contributed by atoms with E-state index in [0.717, 1.165) is 0 Å². The molecule has 1 atom stereocenters. The fourth-order valence-corrected chi connectivity index (χ4v) is 1.56. The molecule has 1 rings (SSSR count). The number of nitrogens with zero attached hydrogens (tertiary/aromatic N) is 3. The van der Waals surface area contributed by atoms with Gasteiger partial charge < -0.3 is 15.4 Å². The molecular formula is C7H12N4O2S. The fourth-order valence-electron chi connectivity index (χ4n) is 0.717. The molecule has 0 amide bonds. The zero-order chi connectivity index (χ0) is 10.6. The molecule has 0 saturated heterocycles. The molecule has 1 unspecified atom stereocenters. The van der Waals surface area contributed by atoms with Gasteiger partial charge in [-0.05, 0) is 0 Å². The first-order chi connectivity index (χ1) is 6.63. The van der Waals surface area contributed by atoms with Crippen molar-refractivity contribution in [3.63, 3.8) is 0 Å². The first-order valence-electron chi connectivity index (χ1n) is 4.03. The van der Waals surface area contributed by atoms with E-state index in [1.807, 2.05) is 6.92 Å². The Kier molecular flexibility index (Phi) is 3.75. The Morgan fingerprint density at radius 3 is 2.93 bits per heavy atom. The normalized spacial score (nSPS) is 14.3. The number of nitrogens with two attached hydrogens (primary N) is 1. The van der Waals surface area contributed by atoms with Crippen LogP contribution in [0.1, 0.15) is 12.8 Å². The van der Waals surface area contributed by atoms with Crippen molar-refractivity contribution < 1.29 is 9.62 Å². The summed E-state index contributed by atoms with van der Waals surface area (Å²) in [6.07, 6.45) is 0. The number of oxime groups is 1. The van der Waals surface area contributed by atoms with Crippen LogP contribution in [-0.4, -0.2) is 27.0 Å². The quantitative estimate of drug-likeness (QED) is 0.254. The van der Waals surface area contributed by atoms with Crippen molar-refractivity contribution in [2.45, 2.75) is 19.1 Å². The summed E-state index contributed by atoms with van der Waals surface area (Å²) in [4.78, 5) is 0. The largest absolute Gasteiger partial charge is 0.416 e. The number of aromatic nitrogens is 2. The van der Waals surface area contributed by atoms with E-state index < -0.39 is 0 Å². The van der Waals surface area contributed by atoms with Crippen molar-refractivity contribution in [2.75, 3.05) is 5.75 Å². The first-order valence-corrected chi connectivity index (χ1v) is 5.02. The van der Waals surface area contributed by atoms with Crippen molar-refractivity contribution in [3.05, 3.63) is 5.89 Å². The molecule has 0 radical (unpaired) electrons. The van der Waals surface area contributed by atoms with Gasteiger partial charge >= 0.3 is 0 Å². The molecule has 0 aliphatic carbocycles. The third-order valence-corrected chi connectivity index (χ3v) is 2.66. The summed E-state index contributed by atoms with van der Waals surface area (Å²) in [5.41, 5.74) is 5.41. The first kappa shape index (κ1) is 10.8. The molecule has 78 valence electrons. The second kappa shape index (κ2) is 4.85. The molecular weight excluding hydrogens is 204 g/mol. The zero-order valence-corrected chi connectivity index (χ0v) is 8.78. The molecule has 1 aromatic heterocycles. The highest BCUT2D eigenvalue weighted by molar-refractivity contribution is 7.99. The summed E-state index contributed by atoms with van der Waals surface area (Å²) in [6, 6.07) is 0. The van der Waals surface area contributed by atoms with E-state index in [1.165, 1.54) is 11.8 Å². The lowest BCUT2D eigenvalue weighted by Gasteiger charge is -2.05. The second-order valence-corrected chi connectivity index (χ2v) is 3.80. The summed E-state index contributed by atoms with van der Waals surface area (Å²) >= 11 is 1.38. The summed E-state index contributed by atoms with van der Waals surface area (Å²) in [7, 11) is 0. The number of hydrogen-bond donors (Lipinski definition) is 2. The molecule has 7 heteroatoms. The highest BCUT2D eigenvalue weighted by Crippen LogP contribution is 2.18. The molecule has 0 bridgehead atoms. The van der Waals surface area contributed by atoms with Crippen LogP contribution in [0, 0.1) is 12.8 Å². The maximum absolute atomic E-state index is 8.41. The van der Waals surface area contributed by atoms with Crippen LogP contribution in [0.4, 0.5) is 0 Å². The average Bonchev–Trinajstić information content (AvgIpc) is 2.59. The minimum atomic E-state index is -0.0304. The van der Waals surface area contributed by atoms with Gasteiger partial charge in [0.15, 0.2) is 0 Å². The standard InChI is InChI=1S/C7H12N4O2S/c1-4(6(8)11-12)3-14-7-10-9-5(2)13-7/h4,12H,3H2,1-2H3,(H2,8,11). The molecule has 0 saturated carbocycles. The van der Waals surface area contributed by atoms with Crippen molar-refractivity contribution in [1.29, 1.82) is 0 Å². The molecule has 14 heavy (non-hydrogen) atoms. The molecule has 1 aromatic rings. The van der Waals surface area contributed by atoms with Gasteiger partial charge in [0.05, 0.1) is 0 Å². The number of amidine groups is 1. The monoisotopic (exact) mass is 216 g/mol. The summed E-state index contributed by atoms with van der Waals surface area (Å²) in [6.45, 7) is 3.58. The van der Waals surface area contributed by atoms with Crippen molar-refractivity contribution in [1.82, 2.24) is 10.2 Å². The highest BCUT2D eigenvalue weighted by atomic mass is 32.2. The van der Waals surface area contributed by atoms with Gasteiger partial charge in [0.25, 0.3) is 5.22 Å².